The van der Waals surface area contributed by atoms with Gasteiger partial charge in [0.15, 0.2) is 0 Å². The van der Waals surface area contributed by atoms with E-state index in [4.69, 9.17) is 4.74 Å². The van der Waals surface area contributed by atoms with Crippen LogP contribution in [0.1, 0.15) is 39.5 Å². The van der Waals surface area contributed by atoms with Gasteiger partial charge in [0.05, 0.1) is 12.3 Å². The van der Waals surface area contributed by atoms with Crippen LogP contribution in [-0.2, 0) is 9.53 Å². The highest BCUT2D eigenvalue weighted by molar-refractivity contribution is 8.00. The molecule has 1 spiro atoms. The highest BCUT2D eigenvalue weighted by atomic mass is 32.2. The van der Waals surface area contributed by atoms with Crippen LogP contribution in [0, 0.1) is 0 Å². The predicted molar refractivity (Wildman–Crippen MR) is 101 cm³/mol. The predicted octanol–water partition coefficient (Wildman–Crippen LogP) is 3.18. The van der Waals surface area contributed by atoms with E-state index in [1.165, 1.54) is 11.8 Å². The molecule has 0 radical (unpaired) electrons. The van der Waals surface area contributed by atoms with Crippen LogP contribution in [0.25, 0.3) is 0 Å². The lowest BCUT2D eigenvalue weighted by Gasteiger charge is -2.37. The molecule has 2 fully saturated rings. The molecule has 6 nitrogen and oxygen atoms in total. The van der Waals surface area contributed by atoms with E-state index in [0.29, 0.717) is 25.4 Å². The van der Waals surface area contributed by atoms with E-state index in [9.17, 15) is 9.59 Å². The Kier molecular flexibility index (Phi) is 6.06. The van der Waals surface area contributed by atoms with Gasteiger partial charge >= 0.3 is 6.09 Å². The van der Waals surface area contributed by atoms with Crippen LogP contribution in [0.5, 0.6) is 0 Å². The minimum absolute atomic E-state index is 0.141. The van der Waals surface area contributed by atoms with Gasteiger partial charge in [-0.25, -0.2) is 4.79 Å². The molecule has 0 N–H and O–H groups in total. The van der Waals surface area contributed by atoms with Crippen molar-refractivity contribution in [2.45, 2.75) is 56.1 Å². The number of ether oxygens (including phenoxy) is 1. The highest BCUT2D eigenvalue weighted by Crippen LogP contribution is 2.35. The molecule has 2 saturated heterocycles. The molecule has 1 aromatic heterocycles. The third-order valence-corrected chi connectivity index (χ3v) is 6.27. The average molecular weight is 378 g/mol. The maximum absolute atomic E-state index is 12.5. The van der Waals surface area contributed by atoms with E-state index in [1.54, 1.807) is 12.4 Å². The fourth-order valence-electron chi connectivity index (χ4n) is 3.66. The second-order valence-corrected chi connectivity index (χ2v) is 8.22. The number of hydrogen-bond donors (Lipinski definition) is 0. The molecule has 3 heterocycles. The summed E-state index contributed by atoms with van der Waals surface area (Å²) in [5.74, 6) is 0.568. The molecule has 0 aliphatic carbocycles. The van der Waals surface area contributed by atoms with E-state index in [2.05, 4.69) is 18.8 Å². The van der Waals surface area contributed by atoms with Gasteiger partial charge in [-0.2, -0.15) is 0 Å². The monoisotopic (exact) mass is 377 g/mol. The number of nitrogens with zero attached hydrogens (tertiary/aromatic N) is 3. The van der Waals surface area contributed by atoms with Crippen LogP contribution >= 0.6 is 11.8 Å². The Hall–Kier alpha value is -1.76. The topological polar surface area (TPSA) is 62.7 Å². The van der Waals surface area contributed by atoms with Crippen molar-refractivity contribution < 1.29 is 14.3 Å². The van der Waals surface area contributed by atoms with E-state index in [-0.39, 0.29) is 18.0 Å². The summed E-state index contributed by atoms with van der Waals surface area (Å²) in [6.07, 6.45) is 6.75. The van der Waals surface area contributed by atoms with Gasteiger partial charge in [0.1, 0.15) is 5.60 Å². The number of pyridine rings is 1. The van der Waals surface area contributed by atoms with Gasteiger partial charge in [0, 0.05) is 49.3 Å². The first-order valence-corrected chi connectivity index (χ1v) is 10.3. The second-order valence-electron chi connectivity index (χ2n) is 7.17. The molecule has 1 atom stereocenters. The van der Waals surface area contributed by atoms with Crippen molar-refractivity contribution in [2.75, 3.05) is 25.4 Å². The number of piperidine rings is 1. The third kappa shape index (κ3) is 4.31. The molecule has 3 rings (SSSR count). The maximum Gasteiger partial charge on any atom is 0.410 e. The number of carbonyl (C=O) groups excluding carboxylic acids is 2. The molecule has 0 bridgehead atoms. The number of rotatable bonds is 6. The summed E-state index contributed by atoms with van der Waals surface area (Å²) in [5, 5.41) is 0. The minimum Gasteiger partial charge on any atom is -0.441 e. The fourth-order valence-corrected chi connectivity index (χ4v) is 4.44. The van der Waals surface area contributed by atoms with Gasteiger partial charge in [0.2, 0.25) is 5.91 Å². The number of amides is 2. The van der Waals surface area contributed by atoms with Crippen LogP contribution in [0.3, 0.4) is 0 Å². The van der Waals surface area contributed by atoms with Crippen molar-refractivity contribution in [3.63, 3.8) is 0 Å². The Morgan fingerprint density at radius 2 is 2.04 bits per heavy atom. The third-order valence-electron chi connectivity index (χ3n) is 5.27. The molecule has 7 heteroatoms. The van der Waals surface area contributed by atoms with Crippen molar-refractivity contribution >= 4 is 23.8 Å². The van der Waals surface area contributed by atoms with Crippen LogP contribution in [-0.4, -0.2) is 63.8 Å². The molecule has 2 aliphatic rings. The maximum atomic E-state index is 12.5. The van der Waals surface area contributed by atoms with Gasteiger partial charge in [-0.15, -0.1) is 11.8 Å². The van der Waals surface area contributed by atoms with E-state index >= 15 is 0 Å². The summed E-state index contributed by atoms with van der Waals surface area (Å²) in [7, 11) is 0. The Labute approximate surface area is 159 Å². The quantitative estimate of drug-likeness (QED) is 0.713. The van der Waals surface area contributed by atoms with Crippen LogP contribution in [0.2, 0.25) is 0 Å². The average Bonchev–Trinajstić information content (AvgIpc) is 2.97. The lowest BCUT2D eigenvalue weighted by molar-refractivity contribution is -0.131. The van der Waals surface area contributed by atoms with Crippen molar-refractivity contribution in [1.82, 2.24) is 14.8 Å². The van der Waals surface area contributed by atoms with Crippen molar-refractivity contribution in [3.05, 3.63) is 24.5 Å². The molecule has 142 valence electrons. The number of thioether (sulfide) groups is 1. The molecular formula is C19H27N3O3S. The molecule has 26 heavy (non-hydrogen) atoms. The zero-order valence-electron chi connectivity index (χ0n) is 15.5. The van der Waals surface area contributed by atoms with E-state index < -0.39 is 5.60 Å². The summed E-state index contributed by atoms with van der Waals surface area (Å²) in [5.41, 5.74) is -0.409. The zero-order chi connectivity index (χ0) is 18.6. The van der Waals surface area contributed by atoms with Crippen LogP contribution in [0.4, 0.5) is 4.79 Å². The van der Waals surface area contributed by atoms with Gasteiger partial charge in [-0.05, 0) is 25.5 Å². The molecule has 0 unspecified atom stereocenters. The first kappa shape index (κ1) is 19.0. The summed E-state index contributed by atoms with van der Waals surface area (Å²) in [6.45, 7) is 6.17. The SMILES string of the molecule is CCC[C@@H](C)N1CC2(CCN(C(=O)CSc3ccncc3)CC2)OC1=O. The second kappa shape index (κ2) is 8.29. The van der Waals surface area contributed by atoms with Gasteiger partial charge in [-0.1, -0.05) is 13.3 Å². The number of likely N-dealkylation sites (tertiary alicyclic amines) is 1. The Morgan fingerprint density at radius 1 is 1.35 bits per heavy atom. The van der Waals surface area contributed by atoms with Gasteiger partial charge in [0.25, 0.3) is 0 Å². The Bertz CT molecular complexity index is 632. The molecular weight excluding hydrogens is 350 g/mol. The lowest BCUT2D eigenvalue weighted by Crippen LogP contribution is -2.49. The summed E-state index contributed by atoms with van der Waals surface area (Å²) in [4.78, 5) is 33.5. The number of aromatic nitrogens is 1. The normalized spacial score (nSPS) is 20.3. The molecule has 2 aliphatic heterocycles. The van der Waals surface area contributed by atoms with Gasteiger partial charge < -0.3 is 14.5 Å². The van der Waals surface area contributed by atoms with Crippen molar-refractivity contribution in [1.29, 1.82) is 0 Å². The van der Waals surface area contributed by atoms with Crippen molar-refractivity contribution in [2.24, 2.45) is 0 Å². The van der Waals surface area contributed by atoms with E-state index in [1.807, 2.05) is 21.9 Å². The Balaban J connectivity index is 1.49. The summed E-state index contributed by atoms with van der Waals surface area (Å²) >= 11 is 1.53. The zero-order valence-corrected chi connectivity index (χ0v) is 16.3. The highest BCUT2D eigenvalue weighted by Gasteiger charge is 2.48. The molecule has 1 aromatic rings. The van der Waals surface area contributed by atoms with Gasteiger partial charge in [-0.3, -0.25) is 9.78 Å². The van der Waals surface area contributed by atoms with Crippen molar-refractivity contribution in [3.8, 4) is 0 Å². The first-order valence-electron chi connectivity index (χ1n) is 9.33. The lowest BCUT2D eigenvalue weighted by atomic mass is 9.91. The summed E-state index contributed by atoms with van der Waals surface area (Å²) in [6, 6.07) is 4.03. The minimum atomic E-state index is -0.409. The molecule has 0 aromatic carbocycles. The van der Waals surface area contributed by atoms with Crippen LogP contribution < -0.4 is 0 Å². The van der Waals surface area contributed by atoms with E-state index in [0.717, 1.165) is 30.6 Å². The van der Waals surface area contributed by atoms with Crippen LogP contribution in [0.15, 0.2) is 29.4 Å². The molecule has 2 amide bonds. The smallest absolute Gasteiger partial charge is 0.410 e. The number of carbonyl (C=O) groups is 2. The standard InChI is InChI=1S/C19H27N3O3S/c1-3-4-15(2)22-14-19(25-18(22)24)7-11-21(12-8-19)17(23)13-26-16-5-9-20-10-6-16/h5-6,9-10,15H,3-4,7-8,11-14H2,1-2H3/t15-/m1/s1. The molecule has 0 saturated carbocycles. The summed E-state index contributed by atoms with van der Waals surface area (Å²) < 4.78 is 5.76. The number of hydrogen-bond acceptors (Lipinski definition) is 5. The largest absolute Gasteiger partial charge is 0.441 e. The fraction of sp³-hybridized carbons (Fsp3) is 0.632. The Morgan fingerprint density at radius 3 is 2.69 bits per heavy atom. The first-order chi connectivity index (χ1) is 12.5.